The minimum atomic E-state index is 0.0216. The van der Waals surface area contributed by atoms with Gasteiger partial charge in [-0.25, -0.2) is 20.4 Å². The number of fused-ring (bicyclic) bond motifs is 1. The number of carbonyl (C=O) groups is 1. The minimum absolute atomic E-state index is 0.0216. The molecule has 2 aromatic rings. The van der Waals surface area contributed by atoms with Crippen LogP contribution in [0, 0.1) is 18.8 Å². The van der Waals surface area contributed by atoms with E-state index >= 15 is 0 Å². The van der Waals surface area contributed by atoms with Crippen molar-refractivity contribution in [3.63, 3.8) is 0 Å². The quantitative estimate of drug-likeness (QED) is 0.431. The summed E-state index contributed by atoms with van der Waals surface area (Å²) >= 11 is 0. The first kappa shape index (κ1) is 23.1. The molecule has 1 saturated carbocycles. The van der Waals surface area contributed by atoms with Crippen molar-refractivity contribution in [2.75, 3.05) is 24.5 Å². The monoisotopic (exact) mass is 482 g/mol. The van der Waals surface area contributed by atoms with Crippen LogP contribution in [-0.2, 0) is 4.79 Å². The van der Waals surface area contributed by atoms with Gasteiger partial charge in [-0.05, 0) is 57.8 Å². The lowest BCUT2D eigenvalue weighted by Gasteiger charge is -2.39. The van der Waals surface area contributed by atoms with Gasteiger partial charge in [0.25, 0.3) is 0 Å². The zero-order chi connectivity index (χ0) is 23.9. The van der Waals surface area contributed by atoms with Crippen molar-refractivity contribution in [2.45, 2.75) is 76.5 Å². The number of nitrogens with one attached hydrogen (secondary N) is 4. The van der Waals surface area contributed by atoms with E-state index in [0.29, 0.717) is 11.8 Å². The van der Waals surface area contributed by atoms with Crippen LogP contribution in [-0.4, -0.2) is 57.2 Å². The molecule has 6 rings (SSSR count). The van der Waals surface area contributed by atoms with E-state index in [1.54, 1.807) is 0 Å². The smallest absolute Gasteiger partial charge is 0.226 e. The van der Waals surface area contributed by atoms with Crippen LogP contribution < -0.4 is 32.6 Å². The fraction of sp³-hybridized carbons (Fsp3) is 0.708. The predicted octanol–water partition coefficient (Wildman–Crippen LogP) is 0.878. The number of aromatic nitrogens is 3. The molecule has 5 heterocycles. The van der Waals surface area contributed by atoms with Crippen molar-refractivity contribution in [1.29, 1.82) is 0 Å². The maximum Gasteiger partial charge on any atom is 0.226 e. The molecule has 3 saturated heterocycles. The topological polar surface area (TPSA) is 128 Å². The van der Waals surface area contributed by atoms with Crippen LogP contribution in [0.1, 0.15) is 68.7 Å². The first-order valence-electron chi connectivity index (χ1n) is 13.3. The van der Waals surface area contributed by atoms with Crippen LogP contribution in [0.2, 0.25) is 0 Å². The van der Waals surface area contributed by atoms with E-state index in [4.69, 9.17) is 15.8 Å². The summed E-state index contributed by atoms with van der Waals surface area (Å²) in [4.78, 5) is 23.2. The Labute approximate surface area is 206 Å². The van der Waals surface area contributed by atoms with Gasteiger partial charge in [0.2, 0.25) is 5.91 Å². The molecule has 3 aliphatic heterocycles. The number of piperidine rings is 1. The molecule has 0 aromatic carbocycles. The molecule has 1 amide bonds. The fourth-order valence-corrected chi connectivity index (χ4v) is 6.47. The molecule has 4 aliphatic rings. The molecular weight excluding hydrogens is 444 g/mol. The van der Waals surface area contributed by atoms with Gasteiger partial charge in [0.05, 0.1) is 17.9 Å². The third-order valence-corrected chi connectivity index (χ3v) is 8.33. The van der Waals surface area contributed by atoms with Crippen molar-refractivity contribution in [1.82, 2.24) is 41.4 Å². The van der Waals surface area contributed by atoms with Crippen molar-refractivity contribution in [3.8, 4) is 0 Å². The summed E-state index contributed by atoms with van der Waals surface area (Å²) in [5, 5.41) is 4.92. The Morgan fingerprint density at radius 3 is 2.74 bits per heavy atom. The van der Waals surface area contributed by atoms with Gasteiger partial charge in [0, 0.05) is 49.4 Å². The molecule has 11 nitrogen and oxygen atoms in total. The predicted molar refractivity (Wildman–Crippen MR) is 133 cm³/mol. The van der Waals surface area contributed by atoms with Gasteiger partial charge in [0.1, 0.15) is 5.82 Å². The molecule has 0 radical (unpaired) electrons. The van der Waals surface area contributed by atoms with Crippen LogP contribution in [0.4, 0.5) is 5.82 Å². The van der Waals surface area contributed by atoms with Crippen molar-refractivity contribution < 1.29 is 4.79 Å². The number of carbonyl (C=O) groups excluding carboxylic acids is 1. The second-order valence-electron chi connectivity index (χ2n) is 10.8. The zero-order valence-electron chi connectivity index (χ0n) is 20.5. The number of hydrazine groups is 3. The Balaban J connectivity index is 1.22. The normalized spacial score (nSPS) is 30.5. The maximum absolute atomic E-state index is 13.8. The van der Waals surface area contributed by atoms with E-state index in [1.165, 1.54) is 0 Å². The highest BCUT2D eigenvalue weighted by atomic mass is 16.2. The van der Waals surface area contributed by atoms with E-state index in [2.05, 4.69) is 50.9 Å². The molecule has 0 spiro atoms. The maximum atomic E-state index is 13.8. The number of rotatable bonds is 4. The van der Waals surface area contributed by atoms with Gasteiger partial charge in [-0.3, -0.25) is 4.79 Å². The summed E-state index contributed by atoms with van der Waals surface area (Å²) in [6.07, 6.45) is 10.4. The van der Waals surface area contributed by atoms with Crippen molar-refractivity contribution >= 4 is 17.4 Å². The first-order chi connectivity index (χ1) is 17.1. The standard InChI is InChI=1S/C24H38N10O/c1-15-13-34-21(26-23(15)32-10-8-18(25)14-32)12-19(29-34)20-7-2-3-9-33(20)24(35)17-6-4-5-16(11-17)22-27-30-31-28-22/h12-13,16-18,20,22,27-28,30-31H,2-11,14,25H2,1H3/t16?,17?,18-,20-/m0/s1. The van der Waals surface area contributed by atoms with E-state index < -0.39 is 0 Å². The SMILES string of the molecule is Cc1cn2nc([C@@H]3CCCCN3C(=O)C3CCCC(C4NNNN4)C3)cc2nc1N1CC[C@H](N)C1. The Bertz CT molecular complexity index is 1070. The van der Waals surface area contributed by atoms with Gasteiger partial charge in [-0.1, -0.05) is 6.42 Å². The van der Waals surface area contributed by atoms with Gasteiger partial charge >= 0.3 is 0 Å². The third-order valence-electron chi connectivity index (χ3n) is 8.33. The van der Waals surface area contributed by atoms with E-state index in [9.17, 15) is 4.79 Å². The first-order valence-corrected chi connectivity index (χ1v) is 13.3. The van der Waals surface area contributed by atoms with Crippen LogP contribution in [0.15, 0.2) is 12.3 Å². The summed E-state index contributed by atoms with van der Waals surface area (Å²) in [7, 11) is 0. The molecule has 6 N–H and O–H groups in total. The summed E-state index contributed by atoms with van der Waals surface area (Å²) < 4.78 is 1.88. The number of aryl methyl sites for hydroxylation is 1. The lowest BCUT2D eigenvalue weighted by Crippen LogP contribution is -2.47. The lowest BCUT2D eigenvalue weighted by atomic mass is 9.79. The Morgan fingerprint density at radius 2 is 1.94 bits per heavy atom. The molecule has 4 fully saturated rings. The van der Waals surface area contributed by atoms with Crippen LogP contribution >= 0.6 is 0 Å². The molecule has 1 aliphatic carbocycles. The zero-order valence-corrected chi connectivity index (χ0v) is 20.5. The average molecular weight is 483 g/mol. The van der Waals surface area contributed by atoms with E-state index in [1.807, 2.05) is 4.52 Å². The van der Waals surface area contributed by atoms with Crippen molar-refractivity contribution in [2.24, 2.45) is 17.6 Å². The van der Waals surface area contributed by atoms with Gasteiger partial charge in [0.15, 0.2) is 5.65 Å². The number of nitrogens with two attached hydrogens (primary N) is 1. The minimum Gasteiger partial charge on any atom is -0.355 e. The average Bonchev–Trinajstić information content (AvgIpc) is 3.64. The molecule has 11 heteroatoms. The van der Waals surface area contributed by atoms with Gasteiger partial charge in [-0.2, -0.15) is 16.2 Å². The number of anilines is 1. The molecule has 35 heavy (non-hydrogen) atoms. The van der Waals surface area contributed by atoms with Gasteiger partial charge < -0.3 is 15.5 Å². The number of amides is 1. The number of hydrogen-bond acceptors (Lipinski definition) is 9. The van der Waals surface area contributed by atoms with Crippen LogP contribution in [0.25, 0.3) is 5.65 Å². The van der Waals surface area contributed by atoms with Gasteiger partial charge in [-0.15, -0.1) is 0 Å². The number of likely N-dealkylation sites (tertiary alicyclic amines) is 1. The summed E-state index contributed by atoms with van der Waals surface area (Å²) in [5.74, 6) is 1.79. The number of nitrogens with zero attached hydrogens (tertiary/aromatic N) is 5. The lowest BCUT2D eigenvalue weighted by molar-refractivity contribution is -0.141. The molecule has 4 atom stereocenters. The molecular formula is C24H38N10O. The summed E-state index contributed by atoms with van der Waals surface area (Å²) in [5.41, 5.74) is 21.3. The molecule has 2 unspecified atom stereocenters. The highest BCUT2D eigenvalue weighted by Crippen LogP contribution is 2.37. The largest absolute Gasteiger partial charge is 0.355 e. The van der Waals surface area contributed by atoms with Crippen LogP contribution in [0.5, 0.6) is 0 Å². The van der Waals surface area contributed by atoms with E-state index in [0.717, 1.165) is 93.7 Å². The summed E-state index contributed by atoms with van der Waals surface area (Å²) in [6.45, 7) is 4.68. The highest BCUT2D eigenvalue weighted by molar-refractivity contribution is 5.79. The third kappa shape index (κ3) is 4.51. The Kier molecular flexibility index (Phi) is 6.35. The fourth-order valence-electron chi connectivity index (χ4n) is 6.47. The van der Waals surface area contributed by atoms with Crippen molar-refractivity contribution in [3.05, 3.63) is 23.5 Å². The van der Waals surface area contributed by atoms with Crippen LogP contribution in [0.3, 0.4) is 0 Å². The second-order valence-corrected chi connectivity index (χ2v) is 10.8. The number of hydrogen-bond donors (Lipinski definition) is 5. The molecule has 0 bridgehead atoms. The van der Waals surface area contributed by atoms with E-state index in [-0.39, 0.29) is 24.2 Å². The Morgan fingerprint density at radius 1 is 1.09 bits per heavy atom. The molecule has 2 aromatic heterocycles. The summed E-state index contributed by atoms with van der Waals surface area (Å²) in [6, 6.07) is 2.32. The molecule has 190 valence electrons. The second kappa shape index (κ2) is 9.62. The highest BCUT2D eigenvalue weighted by Gasteiger charge is 2.38. The Hall–Kier alpha value is -2.31.